The SMILES string of the molecule is CCCCCCCCOCCOCCO[Si]CCCCC. The first-order chi connectivity index (χ1) is 10.4. The normalized spacial score (nSPS) is 11.1. The van der Waals surface area contributed by atoms with Gasteiger partial charge in [0.2, 0.25) is 9.76 Å². The van der Waals surface area contributed by atoms with Gasteiger partial charge in [0.15, 0.2) is 0 Å². The van der Waals surface area contributed by atoms with Gasteiger partial charge >= 0.3 is 0 Å². The molecule has 0 unspecified atom stereocenters. The molecule has 0 saturated heterocycles. The predicted octanol–water partition coefficient (Wildman–Crippen LogP) is 4.62. The quantitative estimate of drug-likeness (QED) is 0.273. The summed E-state index contributed by atoms with van der Waals surface area (Å²) in [6.45, 7) is 8.19. The van der Waals surface area contributed by atoms with Crippen molar-refractivity contribution in [2.75, 3.05) is 33.0 Å². The Morgan fingerprint density at radius 2 is 1.14 bits per heavy atom. The van der Waals surface area contributed by atoms with E-state index in [1.165, 1.54) is 63.8 Å². The minimum atomic E-state index is 0.642. The summed E-state index contributed by atoms with van der Waals surface area (Å²) in [6, 6.07) is 1.20. The molecule has 2 radical (unpaired) electrons. The molecular formula is C17H36O3Si. The number of unbranched alkanes of at least 4 members (excludes halogenated alkanes) is 7. The van der Waals surface area contributed by atoms with E-state index in [0.29, 0.717) is 29.6 Å². The summed E-state index contributed by atoms with van der Waals surface area (Å²) in [6.07, 6.45) is 11.8. The maximum absolute atomic E-state index is 5.55. The molecule has 0 atom stereocenters. The van der Waals surface area contributed by atoms with Gasteiger partial charge in [-0.3, -0.25) is 0 Å². The van der Waals surface area contributed by atoms with E-state index in [1.54, 1.807) is 0 Å². The Kier molecular flexibility index (Phi) is 20.2. The van der Waals surface area contributed by atoms with Crippen molar-refractivity contribution in [1.82, 2.24) is 0 Å². The molecule has 0 spiro atoms. The monoisotopic (exact) mass is 316 g/mol. The highest BCUT2D eigenvalue weighted by molar-refractivity contribution is 6.26. The van der Waals surface area contributed by atoms with Gasteiger partial charge in [-0.05, 0) is 12.5 Å². The van der Waals surface area contributed by atoms with Crippen molar-refractivity contribution in [3.8, 4) is 0 Å². The van der Waals surface area contributed by atoms with Crippen LogP contribution in [-0.2, 0) is 13.9 Å². The van der Waals surface area contributed by atoms with Crippen LogP contribution in [-0.4, -0.2) is 42.8 Å². The summed E-state index contributed by atoms with van der Waals surface area (Å²) in [5, 5.41) is 0. The Morgan fingerprint density at radius 1 is 0.571 bits per heavy atom. The van der Waals surface area contributed by atoms with Crippen molar-refractivity contribution in [2.24, 2.45) is 0 Å². The van der Waals surface area contributed by atoms with Crippen LogP contribution >= 0.6 is 0 Å². The number of ether oxygens (including phenoxy) is 2. The lowest BCUT2D eigenvalue weighted by atomic mass is 10.1. The zero-order valence-corrected chi connectivity index (χ0v) is 15.3. The first-order valence-electron chi connectivity index (χ1n) is 8.92. The number of rotatable bonds is 18. The highest BCUT2D eigenvalue weighted by atomic mass is 28.2. The van der Waals surface area contributed by atoms with Crippen LogP contribution < -0.4 is 0 Å². The third-order valence-electron chi connectivity index (χ3n) is 3.33. The molecule has 0 aliphatic rings. The molecule has 0 heterocycles. The maximum atomic E-state index is 5.55. The highest BCUT2D eigenvalue weighted by Gasteiger charge is 1.94. The molecule has 126 valence electrons. The largest absolute Gasteiger partial charge is 0.415 e. The van der Waals surface area contributed by atoms with E-state index in [1.807, 2.05) is 0 Å². The van der Waals surface area contributed by atoms with E-state index in [4.69, 9.17) is 13.9 Å². The van der Waals surface area contributed by atoms with Gasteiger partial charge in [-0.15, -0.1) is 0 Å². The average Bonchev–Trinajstić information content (AvgIpc) is 2.50. The van der Waals surface area contributed by atoms with Gasteiger partial charge in [-0.1, -0.05) is 65.2 Å². The molecule has 0 N–H and O–H groups in total. The smallest absolute Gasteiger partial charge is 0.229 e. The predicted molar refractivity (Wildman–Crippen MR) is 91.1 cm³/mol. The molecule has 0 bridgehead atoms. The van der Waals surface area contributed by atoms with Crippen LogP contribution in [0.4, 0.5) is 0 Å². The van der Waals surface area contributed by atoms with Crippen LogP contribution in [0.3, 0.4) is 0 Å². The molecule has 0 aromatic heterocycles. The van der Waals surface area contributed by atoms with Crippen LogP contribution in [0.15, 0.2) is 0 Å². The number of hydrogen-bond acceptors (Lipinski definition) is 3. The molecule has 0 aliphatic heterocycles. The summed E-state index contributed by atoms with van der Waals surface area (Å²) >= 11 is 0. The van der Waals surface area contributed by atoms with Gasteiger partial charge < -0.3 is 13.9 Å². The fourth-order valence-corrected chi connectivity index (χ4v) is 2.76. The summed E-state index contributed by atoms with van der Waals surface area (Å²) in [7, 11) is 0.642. The van der Waals surface area contributed by atoms with Crippen molar-refractivity contribution < 1.29 is 13.9 Å². The molecule has 0 aromatic carbocycles. The standard InChI is InChI=1S/C17H36O3Si/c1-3-5-7-8-9-10-12-18-13-14-19-15-16-20-21-17-11-6-4-2/h3-17H2,1-2H3. The average molecular weight is 317 g/mol. The molecule has 0 amide bonds. The minimum absolute atomic E-state index is 0.642. The third kappa shape index (κ3) is 20.1. The first-order valence-corrected chi connectivity index (χ1v) is 10.0. The van der Waals surface area contributed by atoms with Crippen LogP contribution in [0.25, 0.3) is 0 Å². The molecule has 0 saturated carbocycles. The molecule has 0 fully saturated rings. The topological polar surface area (TPSA) is 27.7 Å². The van der Waals surface area contributed by atoms with E-state index in [2.05, 4.69) is 13.8 Å². The lowest BCUT2D eigenvalue weighted by Gasteiger charge is -2.06. The molecule has 3 nitrogen and oxygen atoms in total. The van der Waals surface area contributed by atoms with Crippen molar-refractivity contribution in [2.45, 2.75) is 77.7 Å². The second kappa shape index (κ2) is 20.1. The van der Waals surface area contributed by atoms with Crippen LogP contribution in [0, 0.1) is 0 Å². The number of hydrogen-bond donors (Lipinski definition) is 0. The molecule has 0 rings (SSSR count). The molecule has 0 aliphatic carbocycles. The van der Waals surface area contributed by atoms with Gasteiger partial charge in [-0.2, -0.15) is 0 Å². The zero-order chi connectivity index (χ0) is 15.4. The zero-order valence-electron chi connectivity index (χ0n) is 14.3. The van der Waals surface area contributed by atoms with Gasteiger partial charge in [0.05, 0.1) is 26.4 Å². The van der Waals surface area contributed by atoms with Crippen LogP contribution in [0.2, 0.25) is 6.04 Å². The van der Waals surface area contributed by atoms with Crippen molar-refractivity contribution in [3.05, 3.63) is 0 Å². The first kappa shape index (κ1) is 21.1. The van der Waals surface area contributed by atoms with Gasteiger partial charge in [0, 0.05) is 6.61 Å². The fourth-order valence-electron chi connectivity index (χ4n) is 2.00. The summed E-state index contributed by atoms with van der Waals surface area (Å²) < 4.78 is 16.6. The Hall–Kier alpha value is 0.0969. The Labute approximate surface area is 135 Å². The molecular weight excluding hydrogens is 280 g/mol. The van der Waals surface area contributed by atoms with Crippen molar-refractivity contribution in [1.29, 1.82) is 0 Å². The summed E-state index contributed by atoms with van der Waals surface area (Å²) in [4.78, 5) is 0. The van der Waals surface area contributed by atoms with Crippen LogP contribution in [0.1, 0.15) is 71.6 Å². The summed E-state index contributed by atoms with van der Waals surface area (Å²) in [5.41, 5.74) is 0. The molecule has 0 aromatic rings. The van der Waals surface area contributed by atoms with Crippen molar-refractivity contribution in [3.63, 3.8) is 0 Å². The Morgan fingerprint density at radius 3 is 1.90 bits per heavy atom. The van der Waals surface area contributed by atoms with E-state index in [-0.39, 0.29) is 0 Å². The lowest BCUT2D eigenvalue weighted by Crippen LogP contribution is -2.11. The van der Waals surface area contributed by atoms with Gasteiger partial charge in [-0.25, -0.2) is 0 Å². The minimum Gasteiger partial charge on any atom is -0.415 e. The summed E-state index contributed by atoms with van der Waals surface area (Å²) in [5.74, 6) is 0. The molecule has 21 heavy (non-hydrogen) atoms. The third-order valence-corrected chi connectivity index (χ3v) is 4.29. The van der Waals surface area contributed by atoms with Gasteiger partial charge in [0.25, 0.3) is 0 Å². The van der Waals surface area contributed by atoms with E-state index < -0.39 is 0 Å². The van der Waals surface area contributed by atoms with E-state index in [0.717, 1.165) is 13.2 Å². The Balaban J connectivity index is 2.90. The lowest BCUT2D eigenvalue weighted by molar-refractivity contribution is 0.0355. The van der Waals surface area contributed by atoms with E-state index in [9.17, 15) is 0 Å². The maximum Gasteiger partial charge on any atom is 0.229 e. The van der Waals surface area contributed by atoms with E-state index >= 15 is 0 Å². The highest BCUT2D eigenvalue weighted by Crippen LogP contribution is 2.04. The van der Waals surface area contributed by atoms with Crippen LogP contribution in [0.5, 0.6) is 0 Å². The van der Waals surface area contributed by atoms with Gasteiger partial charge in [0.1, 0.15) is 0 Å². The molecule has 4 heteroatoms. The van der Waals surface area contributed by atoms with Crippen molar-refractivity contribution >= 4 is 9.76 Å². The Bertz CT molecular complexity index is 161. The second-order valence-electron chi connectivity index (χ2n) is 5.44. The fraction of sp³-hybridized carbons (Fsp3) is 1.00. The second-order valence-corrected chi connectivity index (χ2v) is 6.52.